The quantitative estimate of drug-likeness (QED) is 0.519. The summed E-state index contributed by atoms with van der Waals surface area (Å²) in [4.78, 5) is 12.4. The van der Waals surface area contributed by atoms with Crippen LogP contribution in [-0.2, 0) is 4.79 Å². The van der Waals surface area contributed by atoms with Crippen LogP contribution in [0.25, 0.3) is 0 Å². The van der Waals surface area contributed by atoms with Crippen LogP contribution in [0, 0.1) is 23.7 Å². The molecule has 4 unspecified atom stereocenters. The third-order valence-corrected chi connectivity index (χ3v) is 3.71. The van der Waals surface area contributed by atoms with E-state index in [1.807, 2.05) is 58.9 Å². The summed E-state index contributed by atoms with van der Waals surface area (Å²) < 4.78 is 0. The number of ketones is 1. The zero-order valence-electron chi connectivity index (χ0n) is 15.7. The van der Waals surface area contributed by atoms with E-state index in [1.54, 1.807) is 0 Å². The Hall–Kier alpha value is -1.37. The van der Waals surface area contributed by atoms with Crippen molar-refractivity contribution in [3.05, 3.63) is 49.1 Å². The van der Waals surface area contributed by atoms with E-state index in [4.69, 9.17) is 0 Å². The summed E-state index contributed by atoms with van der Waals surface area (Å²) >= 11 is 0. The Bertz CT molecular complexity index is 373. The molecule has 0 N–H and O–H groups in total. The van der Waals surface area contributed by atoms with Gasteiger partial charge < -0.3 is 0 Å². The maximum atomic E-state index is 12.4. The van der Waals surface area contributed by atoms with Crippen LogP contribution in [0.4, 0.5) is 0 Å². The second-order valence-electron chi connectivity index (χ2n) is 5.11. The molecule has 0 aromatic heterocycles. The molecule has 0 spiro atoms. The maximum Gasteiger partial charge on any atom is 0.140 e. The van der Waals surface area contributed by atoms with Gasteiger partial charge in [0.25, 0.3) is 0 Å². The zero-order valence-corrected chi connectivity index (χ0v) is 15.7. The van der Waals surface area contributed by atoms with Crippen molar-refractivity contribution >= 4 is 5.78 Å². The summed E-state index contributed by atoms with van der Waals surface area (Å²) in [6, 6.07) is 0. The van der Waals surface area contributed by atoms with Gasteiger partial charge in [0, 0.05) is 12.3 Å². The number of carbonyl (C=O) groups excluding carboxylic acids is 1. The van der Waals surface area contributed by atoms with Crippen molar-refractivity contribution in [1.29, 1.82) is 0 Å². The highest BCUT2D eigenvalue weighted by Gasteiger charge is 2.24. The highest BCUT2D eigenvalue weighted by Crippen LogP contribution is 2.26. The molecular weight excluding hydrogens is 268 g/mol. The molecule has 0 bridgehead atoms. The molecular formula is C21H36O. The maximum absolute atomic E-state index is 12.4. The van der Waals surface area contributed by atoms with E-state index in [9.17, 15) is 4.79 Å². The fourth-order valence-corrected chi connectivity index (χ4v) is 2.32. The largest absolute Gasteiger partial charge is 0.299 e. The number of Topliss-reactive ketones (excluding diaryl/α,β-unsaturated/α-hetero) is 1. The number of rotatable bonds is 6. The molecule has 0 heterocycles. The topological polar surface area (TPSA) is 17.1 Å². The molecule has 22 heavy (non-hydrogen) atoms. The van der Waals surface area contributed by atoms with Crippen LogP contribution in [0.1, 0.15) is 54.9 Å². The van der Waals surface area contributed by atoms with Gasteiger partial charge in [-0.05, 0) is 24.7 Å². The molecule has 1 rings (SSSR count). The Balaban J connectivity index is 0. The van der Waals surface area contributed by atoms with Gasteiger partial charge in [-0.3, -0.25) is 4.79 Å². The van der Waals surface area contributed by atoms with Gasteiger partial charge in [-0.2, -0.15) is 0 Å². The van der Waals surface area contributed by atoms with E-state index in [-0.39, 0.29) is 11.8 Å². The Morgan fingerprint density at radius 3 is 2.18 bits per heavy atom. The fraction of sp³-hybridized carbons (Fsp3) is 0.571. The molecule has 0 saturated carbocycles. The molecule has 0 saturated heterocycles. The van der Waals surface area contributed by atoms with Crippen molar-refractivity contribution in [2.24, 2.45) is 23.7 Å². The van der Waals surface area contributed by atoms with Crippen molar-refractivity contribution in [3.8, 4) is 0 Å². The molecule has 1 aliphatic carbocycles. The first-order valence-electron chi connectivity index (χ1n) is 8.73. The van der Waals surface area contributed by atoms with Crippen LogP contribution in [-0.4, -0.2) is 5.78 Å². The Morgan fingerprint density at radius 1 is 1.18 bits per heavy atom. The molecule has 0 amide bonds. The monoisotopic (exact) mass is 304 g/mol. The summed E-state index contributed by atoms with van der Waals surface area (Å²) in [5, 5.41) is 0. The molecule has 1 nitrogen and oxygen atoms in total. The number of carbonyl (C=O) groups is 1. The van der Waals surface area contributed by atoms with E-state index in [2.05, 4.69) is 38.7 Å². The predicted octanol–water partition coefficient (Wildman–Crippen LogP) is 6.39. The fourth-order valence-electron chi connectivity index (χ4n) is 2.32. The normalized spacial score (nSPS) is 22.0. The van der Waals surface area contributed by atoms with Crippen LogP contribution < -0.4 is 0 Å². The van der Waals surface area contributed by atoms with Gasteiger partial charge in [-0.15, -0.1) is 6.58 Å². The van der Waals surface area contributed by atoms with E-state index >= 15 is 0 Å². The molecule has 1 heteroatoms. The average Bonchev–Trinajstić information content (AvgIpc) is 2.57. The molecule has 0 fully saturated rings. The van der Waals surface area contributed by atoms with Crippen LogP contribution in [0.5, 0.6) is 0 Å². The van der Waals surface area contributed by atoms with Gasteiger partial charge in [0.1, 0.15) is 5.78 Å². The van der Waals surface area contributed by atoms with E-state index in [0.717, 1.165) is 0 Å². The minimum Gasteiger partial charge on any atom is -0.299 e. The van der Waals surface area contributed by atoms with Gasteiger partial charge in [-0.1, -0.05) is 84.1 Å². The lowest BCUT2D eigenvalue weighted by Gasteiger charge is -2.23. The van der Waals surface area contributed by atoms with Crippen molar-refractivity contribution in [2.75, 3.05) is 0 Å². The number of hydrogen-bond donors (Lipinski definition) is 0. The van der Waals surface area contributed by atoms with Gasteiger partial charge >= 0.3 is 0 Å². The summed E-state index contributed by atoms with van der Waals surface area (Å²) in [5.41, 5.74) is 0. The predicted molar refractivity (Wildman–Crippen MR) is 101 cm³/mol. The first-order valence-corrected chi connectivity index (χ1v) is 8.73. The van der Waals surface area contributed by atoms with Crippen molar-refractivity contribution in [3.63, 3.8) is 0 Å². The van der Waals surface area contributed by atoms with Crippen molar-refractivity contribution < 1.29 is 4.79 Å². The first kappa shape index (κ1) is 22.9. The smallest absolute Gasteiger partial charge is 0.140 e. The second-order valence-corrected chi connectivity index (χ2v) is 5.11. The zero-order chi connectivity index (χ0) is 17.5. The SMILES string of the molecule is C=CC(C)C(/C=C\C)C(=O)CC1C=CC=CC1C.CC.CC. The Morgan fingerprint density at radius 2 is 1.73 bits per heavy atom. The van der Waals surface area contributed by atoms with Crippen LogP contribution in [0.15, 0.2) is 49.1 Å². The lowest BCUT2D eigenvalue weighted by atomic mass is 9.80. The lowest BCUT2D eigenvalue weighted by Crippen LogP contribution is -2.23. The Labute approximate surface area is 138 Å². The summed E-state index contributed by atoms with van der Waals surface area (Å²) in [6.45, 7) is 18.0. The van der Waals surface area contributed by atoms with Gasteiger partial charge in [-0.25, -0.2) is 0 Å². The van der Waals surface area contributed by atoms with Crippen LogP contribution >= 0.6 is 0 Å². The molecule has 126 valence electrons. The molecule has 0 radical (unpaired) electrons. The minimum absolute atomic E-state index is 0.0287. The van der Waals surface area contributed by atoms with Crippen molar-refractivity contribution in [2.45, 2.75) is 54.9 Å². The molecule has 4 atom stereocenters. The third-order valence-electron chi connectivity index (χ3n) is 3.71. The van der Waals surface area contributed by atoms with E-state index in [1.165, 1.54) is 0 Å². The summed E-state index contributed by atoms with van der Waals surface area (Å²) in [5.74, 6) is 1.28. The first-order chi connectivity index (χ1) is 10.6. The van der Waals surface area contributed by atoms with E-state index < -0.39 is 0 Å². The van der Waals surface area contributed by atoms with Crippen LogP contribution in [0.2, 0.25) is 0 Å². The molecule has 1 aliphatic rings. The van der Waals surface area contributed by atoms with Gasteiger partial charge in [0.15, 0.2) is 0 Å². The number of allylic oxidation sites excluding steroid dienone is 7. The van der Waals surface area contributed by atoms with Gasteiger partial charge in [0.2, 0.25) is 0 Å². The Kier molecular flexibility index (Phi) is 15.2. The minimum atomic E-state index is -0.0287. The number of hydrogen-bond acceptors (Lipinski definition) is 1. The second kappa shape index (κ2) is 14.6. The molecule has 0 aromatic carbocycles. The van der Waals surface area contributed by atoms with Gasteiger partial charge in [0.05, 0.1) is 0 Å². The highest BCUT2D eigenvalue weighted by molar-refractivity contribution is 5.83. The lowest BCUT2D eigenvalue weighted by molar-refractivity contribution is -0.123. The summed E-state index contributed by atoms with van der Waals surface area (Å²) in [6.07, 6.45) is 14.9. The van der Waals surface area contributed by atoms with Crippen molar-refractivity contribution in [1.82, 2.24) is 0 Å². The highest BCUT2D eigenvalue weighted by atomic mass is 16.1. The summed E-state index contributed by atoms with van der Waals surface area (Å²) in [7, 11) is 0. The molecule has 0 aromatic rings. The molecule has 0 aliphatic heterocycles. The van der Waals surface area contributed by atoms with E-state index in [0.29, 0.717) is 24.0 Å². The standard InChI is InChI=1S/C17H24O.2C2H6/c1-5-9-16(13(3)6-2)17(18)12-15-11-8-7-10-14(15)4;2*1-2/h5-11,13-16H,2,12H2,1,3-4H3;2*1-2H3/b9-5-;;. The third kappa shape index (κ3) is 8.17. The average molecular weight is 305 g/mol. The van der Waals surface area contributed by atoms with Crippen LogP contribution in [0.3, 0.4) is 0 Å².